The van der Waals surface area contributed by atoms with Crippen LogP contribution in [0.1, 0.15) is 65.7 Å². The minimum absolute atomic E-state index is 0.0244. The molecule has 0 aromatic carbocycles. The van der Waals surface area contributed by atoms with Gasteiger partial charge in [-0.05, 0) is 33.6 Å². The van der Waals surface area contributed by atoms with E-state index in [0.717, 1.165) is 12.8 Å². The molecule has 0 aromatic rings. The Labute approximate surface area is 151 Å². The second-order valence-corrected chi connectivity index (χ2v) is 8.57. The van der Waals surface area contributed by atoms with E-state index in [9.17, 15) is 14.4 Å². The van der Waals surface area contributed by atoms with E-state index in [4.69, 9.17) is 0 Å². The molecular formula is C19H33N3O3. The van der Waals surface area contributed by atoms with E-state index in [1.54, 1.807) is 11.9 Å². The van der Waals surface area contributed by atoms with Crippen molar-refractivity contribution in [2.24, 2.45) is 5.92 Å². The highest BCUT2D eigenvalue weighted by Gasteiger charge is 2.36. The predicted octanol–water partition coefficient (Wildman–Crippen LogP) is 1.93. The van der Waals surface area contributed by atoms with Gasteiger partial charge in [0.15, 0.2) is 0 Å². The number of carbonyl (C=O) groups excluding carboxylic acids is 3. The topological polar surface area (TPSA) is 69.7 Å². The minimum atomic E-state index is -0.174. The molecule has 0 unspecified atom stereocenters. The summed E-state index contributed by atoms with van der Waals surface area (Å²) >= 11 is 0. The van der Waals surface area contributed by atoms with Crippen molar-refractivity contribution in [2.75, 3.05) is 20.1 Å². The van der Waals surface area contributed by atoms with E-state index >= 15 is 0 Å². The van der Waals surface area contributed by atoms with Crippen LogP contribution in [0, 0.1) is 5.92 Å². The Hall–Kier alpha value is -1.59. The first-order valence-electron chi connectivity index (χ1n) is 9.50. The second kappa shape index (κ2) is 8.19. The number of rotatable bonds is 6. The van der Waals surface area contributed by atoms with Gasteiger partial charge in [-0.25, -0.2) is 0 Å². The molecule has 6 nitrogen and oxygen atoms in total. The SMILES string of the molecule is CN(C[C@@H]1CC(=O)N(C(C)(C)C)C1)C(=O)CCC(=O)NC1CCCC1. The molecule has 2 fully saturated rings. The van der Waals surface area contributed by atoms with Crippen molar-refractivity contribution in [1.82, 2.24) is 15.1 Å². The number of hydrogen-bond acceptors (Lipinski definition) is 3. The van der Waals surface area contributed by atoms with Gasteiger partial charge in [0, 0.05) is 56.9 Å². The maximum Gasteiger partial charge on any atom is 0.223 e. The van der Waals surface area contributed by atoms with Crippen molar-refractivity contribution < 1.29 is 14.4 Å². The number of nitrogens with one attached hydrogen (secondary N) is 1. The van der Waals surface area contributed by atoms with Gasteiger partial charge in [-0.15, -0.1) is 0 Å². The summed E-state index contributed by atoms with van der Waals surface area (Å²) in [6.07, 6.45) is 5.45. The fourth-order valence-corrected chi connectivity index (χ4v) is 3.82. The summed E-state index contributed by atoms with van der Waals surface area (Å²) in [5.41, 5.74) is -0.174. The minimum Gasteiger partial charge on any atom is -0.353 e. The summed E-state index contributed by atoms with van der Waals surface area (Å²) in [4.78, 5) is 39.9. The van der Waals surface area contributed by atoms with E-state index in [1.807, 2.05) is 25.7 Å². The zero-order valence-electron chi connectivity index (χ0n) is 16.1. The molecule has 25 heavy (non-hydrogen) atoms. The first-order chi connectivity index (χ1) is 11.7. The molecule has 0 spiro atoms. The summed E-state index contributed by atoms with van der Waals surface area (Å²) in [7, 11) is 1.77. The van der Waals surface area contributed by atoms with Crippen LogP contribution in [0.2, 0.25) is 0 Å². The van der Waals surface area contributed by atoms with Gasteiger partial charge in [0.2, 0.25) is 17.7 Å². The van der Waals surface area contributed by atoms with Crippen LogP contribution < -0.4 is 5.32 Å². The van der Waals surface area contributed by atoms with Gasteiger partial charge >= 0.3 is 0 Å². The molecule has 1 atom stereocenters. The number of hydrogen-bond donors (Lipinski definition) is 1. The quantitative estimate of drug-likeness (QED) is 0.795. The van der Waals surface area contributed by atoms with E-state index in [1.165, 1.54) is 12.8 Å². The molecule has 1 N–H and O–H groups in total. The average Bonchev–Trinajstić information content (AvgIpc) is 3.13. The number of carbonyl (C=O) groups is 3. The molecule has 0 radical (unpaired) electrons. The Morgan fingerprint density at radius 1 is 1.20 bits per heavy atom. The fourth-order valence-electron chi connectivity index (χ4n) is 3.82. The van der Waals surface area contributed by atoms with Crippen LogP contribution >= 0.6 is 0 Å². The zero-order valence-corrected chi connectivity index (χ0v) is 16.1. The number of nitrogens with zero attached hydrogens (tertiary/aromatic N) is 2. The van der Waals surface area contributed by atoms with E-state index in [0.29, 0.717) is 25.6 Å². The molecule has 2 rings (SSSR count). The summed E-state index contributed by atoms with van der Waals surface area (Å²) in [5.74, 6) is 0.286. The van der Waals surface area contributed by atoms with Crippen molar-refractivity contribution in [2.45, 2.75) is 77.3 Å². The summed E-state index contributed by atoms with van der Waals surface area (Å²) in [6.45, 7) is 7.37. The standard InChI is InChI=1S/C19H33N3O3/c1-19(2,3)22-13-14(11-18(22)25)12-21(4)17(24)10-9-16(23)20-15-7-5-6-8-15/h14-15H,5-13H2,1-4H3,(H,20,23)/t14-/m0/s1. The van der Waals surface area contributed by atoms with Crippen molar-refractivity contribution in [3.05, 3.63) is 0 Å². The molecule has 6 heteroatoms. The molecule has 3 amide bonds. The molecule has 1 saturated heterocycles. The fraction of sp³-hybridized carbons (Fsp3) is 0.842. The molecule has 1 heterocycles. The largest absolute Gasteiger partial charge is 0.353 e. The van der Waals surface area contributed by atoms with E-state index in [-0.39, 0.29) is 42.0 Å². The summed E-state index contributed by atoms with van der Waals surface area (Å²) in [6, 6.07) is 0.299. The Morgan fingerprint density at radius 2 is 1.84 bits per heavy atom. The van der Waals surface area contributed by atoms with Crippen LogP contribution in [0.4, 0.5) is 0 Å². The van der Waals surface area contributed by atoms with Gasteiger partial charge in [0.1, 0.15) is 0 Å². The zero-order chi connectivity index (χ0) is 18.6. The predicted molar refractivity (Wildman–Crippen MR) is 96.8 cm³/mol. The second-order valence-electron chi connectivity index (χ2n) is 8.57. The van der Waals surface area contributed by atoms with Gasteiger partial charge in [0.05, 0.1) is 0 Å². The molecule has 1 aliphatic heterocycles. The molecule has 0 bridgehead atoms. The van der Waals surface area contributed by atoms with Crippen LogP contribution in [0.3, 0.4) is 0 Å². The van der Waals surface area contributed by atoms with Crippen LogP contribution in [0.15, 0.2) is 0 Å². The Kier molecular flexibility index (Phi) is 6.47. The van der Waals surface area contributed by atoms with Gasteiger partial charge in [0.25, 0.3) is 0 Å². The lowest BCUT2D eigenvalue weighted by Gasteiger charge is -2.32. The lowest BCUT2D eigenvalue weighted by atomic mass is 10.1. The lowest BCUT2D eigenvalue weighted by Crippen LogP contribution is -2.43. The lowest BCUT2D eigenvalue weighted by molar-refractivity contribution is -0.133. The molecular weight excluding hydrogens is 318 g/mol. The molecule has 1 aliphatic carbocycles. The molecule has 2 aliphatic rings. The maximum absolute atomic E-state index is 12.3. The monoisotopic (exact) mass is 351 g/mol. The van der Waals surface area contributed by atoms with Crippen molar-refractivity contribution in [3.8, 4) is 0 Å². The average molecular weight is 351 g/mol. The molecule has 142 valence electrons. The van der Waals surface area contributed by atoms with Crippen molar-refractivity contribution in [3.63, 3.8) is 0 Å². The van der Waals surface area contributed by atoms with Crippen LogP contribution in [0.5, 0.6) is 0 Å². The van der Waals surface area contributed by atoms with Crippen LogP contribution in [-0.4, -0.2) is 59.2 Å². The first kappa shape index (κ1) is 19.7. The maximum atomic E-state index is 12.3. The highest BCUT2D eigenvalue weighted by atomic mass is 16.2. The Balaban J connectivity index is 1.71. The normalized spacial score (nSPS) is 21.7. The number of amides is 3. The van der Waals surface area contributed by atoms with Crippen LogP contribution in [-0.2, 0) is 14.4 Å². The Bertz CT molecular complexity index is 507. The highest BCUT2D eigenvalue weighted by molar-refractivity contribution is 5.84. The summed E-state index contributed by atoms with van der Waals surface area (Å²) < 4.78 is 0. The van der Waals surface area contributed by atoms with E-state index < -0.39 is 0 Å². The van der Waals surface area contributed by atoms with Gasteiger partial charge in [-0.2, -0.15) is 0 Å². The molecule has 1 saturated carbocycles. The third-order valence-electron chi connectivity index (χ3n) is 5.26. The third kappa shape index (κ3) is 5.72. The number of likely N-dealkylation sites (tertiary alicyclic amines) is 1. The highest BCUT2D eigenvalue weighted by Crippen LogP contribution is 2.26. The van der Waals surface area contributed by atoms with Gasteiger partial charge in [-0.3, -0.25) is 14.4 Å². The van der Waals surface area contributed by atoms with Crippen LogP contribution in [0.25, 0.3) is 0 Å². The van der Waals surface area contributed by atoms with E-state index in [2.05, 4.69) is 5.32 Å². The first-order valence-corrected chi connectivity index (χ1v) is 9.50. The molecule has 0 aromatic heterocycles. The smallest absolute Gasteiger partial charge is 0.223 e. The Morgan fingerprint density at radius 3 is 2.40 bits per heavy atom. The van der Waals surface area contributed by atoms with Gasteiger partial charge < -0.3 is 15.1 Å². The van der Waals surface area contributed by atoms with Gasteiger partial charge in [-0.1, -0.05) is 12.8 Å². The summed E-state index contributed by atoms with van der Waals surface area (Å²) in [5, 5.41) is 3.01. The third-order valence-corrected chi connectivity index (χ3v) is 5.26. The van der Waals surface area contributed by atoms with Crippen molar-refractivity contribution >= 4 is 17.7 Å². The van der Waals surface area contributed by atoms with Crippen molar-refractivity contribution in [1.29, 1.82) is 0 Å².